The third kappa shape index (κ3) is 1.80. The summed E-state index contributed by atoms with van der Waals surface area (Å²) in [6, 6.07) is 0. The predicted octanol–water partition coefficient (Wildman–Crippen LogP) is 0.694. The molecule has 1 saturated heterocycles. The summed E-state index contributed by atoms with van der Waals surface area (Å²) in [5, 5.41) is 3.36. The molecule has 0 amide bonds. The lowest BCUT2D eigenvalue weighted by Crippen LogP contribution is -2.45. The molecule has 1 atom stereocenters. The van der Waals surface area contributed by atoms with Gasteiger partial charge in [-0.2, -0.15) is 0 Å². The highest BCUT2D eigenvalue weighted by molar-refractivity contribution is 5.04. The maximum Gasteiger partial charge on any atom is 0.0428 e. The lowest BCUT2D eigenvalue weighted by molar-refractivity contribution is 0.303. The number of hydrogen-bond acceptors (Lipinski definition) is 2. The molecule has 68 valence electrons. The highest BCUT2D eigenvalue weighted by atomic mass is 15.2. The number of likely N-dealkylation sites (tertiary alicyclic amines) is 1. The summed E-state index contributed by atoms with van der Waals surface area (Å²) in [7, 11) is 2.01. The molecule has 2 nitrogen and oxygen atoms in total. The Hall–Kier alpha value is -0.520. The second-order valence-electron chi connectivity index (χ2n) is 3.53. The SMILES string of the molecule is C#CCC1(NC)CCN(CC)C1. The first-order valence-electron chi connectivity index (χ1n) is 4.61. The van der Waals surface area contributed by atoms with E-state index in [1.165, 1.54) is 13.0 Å². The molecule has 12 heavy (non-hydrogen) atoms. The fourth-order valence-corrected chi connectivity index (χ4v) is 1.86. The normalized spacial score (nSPS) is 30.4. The van der Waals surface area contributed by atoms with Crippen LogP contribution in [0.25, 0.3) is 0 Å². The molecule has 1 rings (SSSR count). The third-order valence-electron chi connectivity index (χ3n) is 2.85. The molecule has 0 bridgehead atoms. The van der Waals surface area contributed by atoms with E-state index in [1.807, 2.05) is 7.05 Å². The Morgan fingerprint density at radius 2 is 2.42 bits per heavy atom. The lowest BCUT2D eigenvalue weighted by Gasteiger charge is -2.26. The van der Waals surface area contributed by atoms with Crippen LogP contribution in [0, 0.1) is 12.3 Å². The van der Waals surface area contributed by atoms with Crippen molar-refractivity contribution in [2.45, 2.75) is 25.3 Å². The standard InChI is InChI=1S/C10H18N2/c1-4-6-10(11-3)7-8-12(5-2)9-10/h1,11H,5-9H2,2-3H3. The fourth-order valence-electron chi connectivity index (χ4n) is 1.86. The second-order valence-corrected chi connectivity index (χ2v) is 3.53. The topological polar surface area (TPSA) is 15.3 Å². The average molecular weight is 166 g/mol. The Bertz CT molecular complexity index is 183. The maximum absolute atomic E-state index is 5.35. The first-order chi connectivity index (χ1) is 5.76. The molecule has 0 radical (unpaired) electrons. The van der Waals surface area contributed by atoms with Crippen LogP contribution in [0.1, 0.15) is 19.8 Å². The summed E-state index contributed by atoms with van der Waals surface area (Å²) in [6.45, 7) is 5.61. The van der Waals surface area contributed by atoms with Crippen LogP contribution in [0.3, 0.4) is 0 Å². The van der Waals surface area contributed by atoms with E-state index < -0.39 is 0 Å². The summed E-state index contributed by atoms with van der Waals surface area (Å²) >= 11 is 0. The zero-order valence-corrected chi connectivity index (χ0v) is 8.06. The average Bonchev–Trinajstić information content (AvgIpc) is 2.50. The first kappa shape index (κ1) is 9.57. The van der Waals surface area contributed by atoms with Crippen molar-refractivity contribution in [2.24, 2.45) is 0 Å². The van der Waals surface area contributed by atoms with E-state index >= 15 is 0 Å². The number of rotatable bonds is 3. The van der Waals surface area contributed by atoms with Gasteiger partial charge in [0.2, 0.25) is 0 Å². The third-order valence-corrected chi connectivity index (χ3v) is 2.85. The molecular weight excluding hydrogens is 148 g/mol. The molecule has 0 spiro atoms. The smallest absolute Gasteiger partial charge is 0.0428 e. The van der Waals surface area contributed by atoms with Crippen molar-refractivity contribution in [2.75, 3.05) is 26.7 Å². The number of nitrogens with one attached hydrogen (secondary N) is 1. The van der Waals surface area contributed by atoms with Gasteiger partial charge in [-0.05, 0) is 20.0 Å². The van der Waals surface area contributed by atoms with Crippen LogP contribution in [0.4, 0.5) is 0 Å². The van der Waals surface area contributed by atoms with Gasteiger partial charge in [0.05, 0.1) is 0 Å². The molecule has 0 saturated carbocycles. The maximum atomic E-state index is 5.35. The molecule has 2 heteroatoms. The molecular formula is C10H18N2. The molecule has 1 unspecified atom stereocenters. The van der Waals surface area contributed by atoms with Gasteiger partial charge in [0.15, 0.2) is 0 Å². The minimum absolute atomic E-state index is 0.199. The van der Waals surface area contributed by atoms with Gasteiger partial charge in [0.1, 0.15) is 0 Å². The molecule has 0 aliphatic carbocycles. The lowest BCUT2D eigenvalue weighted by atomic mass is 9.95. The minimum Gasteiger partial charge on any atom is -0.312 e. The molecule has 0 aromatic rings. The Morgan fingerprint density at radius 3 is 2.83 bits per heavy atom. The summed E-state index contributed by atoms with van der Waals surface area (Å²) < 4.78 is 0. The van der Waals surface area contributed by atoms with Crippen molar-refractivity contribution in [1.29, 1.82) is 0 Å². The van der Waals surface area contributed by atoms with Crippen molar-refractivity contribution >= 4 is 0 Å². The van der Waals surface area contributed by atoms with Gasteiger partial charge in [-0.25, -0.2) is 0 Å². The van der Waals surface area contributed by atoms with Gasteiger partial charge >= 0.3 is 0 Å². The molecule has 1 fully saturated rings. The Balaban J connectivity index is 2.54. The van der Waals surface area contributed by atoms with Crippen molar-refractivity contribution in [3.63, 3.8) is 0 Å². The summed E-state index contributed by atoms with van der Waals surface area (Å²) in [5.41, 5.74) is 0.199. The number of nitrogens with zero attached hydrogens (tertiary/aromatic N) is 1. The number of terminal acetylenes is 1. The monoisotopic (exact) mass is 166 g/mol. The number of likely N-dealkylation sites (N-methyl/N-ethyl adjacent to an activating group) is 2. The molecule has 0 aromatic heterocycles. The Labute approximate surface area is 75.3 Å². The molecule has 1 heterocycles. The van der Waals surface area contributed by atoms with E-state index in [1.54, 1.807) is 0 Å². The zero-order chi connectivity index (χ0) is 9.03. The fraction of sp³-hybridized carbons (Fsp3) is 0.800. The number of hydrogen-bond donors (Lipinski definition) is 1. The van der Waals surface area contributed by atoms with Gasteiger partial charge < -0.3 is 10.2 Å². The van der Waals surface area contributed by atoms with Crippen LogP contribution in [-0.4, -0.2) is 37.1 Å². The Morgan fingerprint density at radius 1 is 1.67 bits per heavy atom. The van der Waals surface area contributed by atoms with E-state index in [0.29, 0.717) is 0 Å². The van der Waals surface area contributed by atoms with Crippen molar-refractivity contribution < 1.29 is 0 Å². The predicted molar refractivity (Wildman–Crippen MR) is 52.0 cm³/mol. The van der Waals surface area contributed by atoms with Crippen molar-refractivity contribution in [3.8, 4) is 12.3 Å². The summed E-state index contributed by atoms with van der Waals surface area (Å²) in [5.74, 6) is 2.76. The van der Waals surface area contributed by atoms with Crippen LogP contribution in [-0.2, 0) is 0 Å². The highest BCUT2D eigenvalue weighted by Crippen LogP contribution is 2.23. The Kier molecular flexibility index (Phi) is 3.13. The minimum atomic E-state index is 0.199. The first-order valence-corrected chi connectivity index (χ1v) is 4.61. The van der Waals surface area contributed by atoms with Gasteiger partial charge in [-0.15, -0.1) is 12.3 Å². The van der Waals surface area contributed by atoms with Gasteiger partial charge in [0.25, 0.3) is 0 Å². The van der Waals surface area contributed by atoms with Crippen molar-refractivity contribution in [3.05, 3.63) is 0 Å². The zero-order valence-electron chi connectivity index (χ0n) is 8.06. The van der Waals surface area contributed by atoms with Gasteiger partial charge in [-0.1, -0.05) is 6.92 Å². The molecule has 1 aliphatic heterocycles. The summed E-state index contributed by atoms with van der Waals surface area (Å²) in [6.07, 6.45) is 7.38. The van der Waals surface area contributed by atoms with E-state index in [9.17, 15) is 0 Å². The van der Waals surface area contributed by atoms with Crippen LogP contribution in [0.5, 0.6) is 0 Å². The van der Waals surface area contributed by atoms with Crippen LogP contribution in [0.2, 0.25) is 0 Å². The largest absolute Gasteiger partial charge is 0.312 e. The van der Waals surface area contributed by atoms with Crippen LogP contribution >= 0.6 is 0 Å². The molecule has 1 N–H and O–H groups in total. The van der Waals surface area contributed by atoms with Gasteiger partial charge in [-0.3, -0.25) is 0 Å². The quantitative estimate of drug-likeness (QED) is 0.621. The highest BCUT2D eigenvalue weighted by Gasteiger charge is 2.34. The second kappa shape index (κ2) is 3.93. The van der Waals surface area contributed by atoms with E-state index in [0.717, 1.165) is 19.5 Å². The van der Waals surface area contributed by atoms with E-state index in [-0.39, 0.29) is 5.54 Å². The van der Waals surface area contributed by atoms with E-state index in [2.05, 4.69) is 23.1 Å². The van der Waals surface area contributed by atoms with Gasteiger partial charge in [0, 0.05) is 25.0 Å². The van der Waals surface area contributed by atoms with Crippen LogP contribution < -0.4 is 5.32 Å². The molecule has 0 aromatic carbocycles. The molecule has 1 aliphatic rings. The van der Waals surface area contributed by atoms with Crippen molar-refractivity contribution in [1.82, 2.24) is 10.2 Å². The summed E-state index contributed by atoms with van der Waals surface area (Å²) in [4.78, 5) is 2.44. The van der Waals surface area contributed by atoms with Crippen LogP contribution in [0.15, 0.2) is 0 Å². The van der Waals surface area contributed by atoms with E-state index in [4.69, 9.17) is 6.42 Å².